The molecule has 3 aromatic rings. The summed E-state index contributed by atoms with van der Waals surface area (Å²) in [6.07, 6.45) is 2.04. The molecule has 0 atom stereocenters. The van der Waals surface area contributed by atoms with E-state index in [0.717, 1.165) is 24.1 Å². The van der Waals surface area contributed by atoms with Crippen molar-refractivity contribution in [2.24, 2.45) is 0 Å². The molecule has 0 aliphatic carbocycles. The van der Waals surface area contributed by atoms with Crippen LogP contribution in [0.3, 0.4) is 0 Å². The third-order valence-corrected chi connectivity index (χ3v) is 4.72. The fraction of sp³-hybridized carbons (Fsp3) is 0.217. The van der Waals surface area contributed by atoms with Crippen LogP contribution in [0.5, 0.6) is 0 Å². The van der Waals surface area contributed by atoms with Gasteiger partial charge in [-0.2, -0.15) is 0 Å². The van der Waals surface area contributed by atoms with Gasteiger partial charge in [0.1, 0.15) is 0 Å². The van der Waals surface area contributed by atoms with Crippen LogP contribution in [0.2, 0.25) is 0 Å². The average molecular weight is 390 g/mol. The second-order valence-corrected chi connectivity index (χ2v) is 6.71. The molecule has 0 saturated carbocycles. The van der Waals surface area contributed by atoms with Crippen LogP contribution in [-0.2, 0) is 19.3 Å². The molecule has 3 rings (SSSR count). The second-order valence-electron chi connectivity index (χ2n) is 6.71. The minimum atomic E-state index is -1.50. The van der Waals surface area contributed by atoms with Crippen LogP contribution >= 0.6 is 0 Å². The van der Waals surface area contributed by atoms with E-state index < -0.39 is 29.1 Å². The smallest absolute Gasteiger partial charge is 0.194 e. The highest BCUT2D eigenvalue weighted by atomic mass is 19.2. The maximum Gasteiger partial charge on any atom is 0.194 e. The molecule has 0 amide bonds. The zero-order valence-corrected chi connectivity index (χ0v) is 15.3. The van der Waals surface area contributed by atoms with Crippen molar-refractivity contribution in [2.45, 2.75) is 32.6 Å². The van der Waals surface area contributed by atoms with Crippen LogP contribution in [0, 0.1) is 29.1 Å². The van der Waals surface area contributed by atoms with E-state index in [9.17, 15) is 22.0 Å². The van der Waals surface area contributed by atoms with Gasteiger partial charge in [-0.1, -0.05) is 49.7 Å². The summed E-state index contributed by atoms with van der Waals surface area (Å²) in [4.78, 5) is 0. The Kier molecular flexibility index (Phi) is 6.12. The summed E-state index contributed by atoms with van der Waals surface area (Å²) >= 11 is 0. The molecule has 0 aromatic heterocycles. The molecular weight excluding hydrogens is 371 g/mol. The van der Waals surface area contributed by atoms with Gasteiger partial charge in [0.25, 0.3) is 0 Å². The summed E-state index contributed by atoms with van der Waals surface area (Å²) in [6.45, 7) is 1.91. The van der Waals surface area contributed by atoms with Gasteiger partial charge in [-0.15, -0.1) is 0 Å². The SMILES string of the molecule is CCCc1ccc(CCc2ccc(-c3cc(F)c(F)c(F)c3)cc2)c(F)c1F. The van der Waals surface area contributed by atoms with Gasteiger partial charge in [-0.3, -0.25) is 0 Å². The summed E-state index contributed by atoms with van der Waals surface area (Å²) in [5.41, 5.74) is 2.31. The quantitative estimate of drug-likeness (QED) is 0.321. The molecule has 0 radical (unpaired) electrons. The first-order valence-electron chi connectivity index (χ1n) is 9.10. The van der Waals surface area contributed by atoms with E-state index in [1.807, 2.05) is 6.92 Å². The van der Waals surface area contributed by atoms with Gasteiger partial charge in [0.05, 0.1) is 0 Å². The molecule has 3 aromatic carbocycles. The van der Waals surface area contributed by atoms with Crippen molar-refractivity contribution in [1.82, 2.24) is 0 Å². The van der Waals surface area contributed by atoms with Gasteiger partial charge in [0.2, 0.25) is 0 Å². The molecule has 0 saturated heterocycles. The Morgan fingerprint density at radius 1 is 0.571 bits per heavy atom. The number of aryl methyl sites for hydroxylation is 3. The van der Waals surface area contributed by atoms with Crippen molar-refractivity contribution >= 4 is 0 Å². The molecule has 0 aliphatic heterocycles. The fourth-order valence-electron chi connectivity index (χ4n) is 3.15. The molecule has 0 N–H and O–H groups in total. The van der Waals surface area contributed by atoms with Crippen LogP contribution in [0.4, 0.5) is 22.0 Å². The molecule has 28 heavy (non-hydrogen) atoms. The van der Waals surface area contributed by atoms with Gasteiger partial charge in [0.15, 0.2) is 29.1 Å². The predicted octanol–water partition coefficient (Wildman–Crippen LogP) is 6.79. The summed E-state index contributed by atoms with van der Waals surface area (Å²) in [7, 11) is 0. The highest BCUT2D eigenvalue weighted by Gasteiger charge is 2.14. The monoisotopic (exact) mass is 390 g/mol. The van der Waals surface area contributed by atoms with Crippen molar-refractivity contribution in [1.29, 1.82) is 0 Å². The molecule has 146 valence electrons. The first kappa shape index (κ1) is 20.1. The predicted molar refractivity (Wildman–Crippen MR) is 99.5 cm³/mol. The van der Waals surface area contributed by atoms with E-state index in [-0.39, 0.29) is 5.56 Å². The lowest BCUT2D eigenvalue weighted by Gasteiger charge is -2.09. The van der Waals surface area contributed by atoms with E-state index in [4.69, 9.17) is 0 Å². The van der Waals surface area contributed by atoms with Crippen molar-refractivity contribution < 1.29 is 22.0 Å². The van der Waals surface area contributed by atoms with Crippen LogP contribution in [0.15, 0.2) is 48.5 Å². The Morgan fingerprint density at radius 3 is 1.64 bits per heavy atom. The van der Waals surface area contributed by atoms with Crippen LogP contribution in [0.25, 0.3) is 11.1 Å². The van der Waals surface area contributed by atoms with E-state index in [1.165, 1.54) is 0 Å². The van der Waals surface area contributed by atoms with Gasteiger partial charge in [-0.25, -0.2) is 22.0 Å². The average Bonchev–Trinajstić information content (AvgIpc) is 2.69. The van der Waals surface area contributed by atoms with Gasteiger partial charge < -0.3 is 0 Å². The minimum absolute atomic E-state index is 0.225. The summed E-state index contributed by atoms with van der Waals surface area (Å²) in [5.74, 6) is -5.58. The Balaban J connectivity index is 1.73. The first-order valence-corrected chi connectivity index (χ1v) is 9.10. The molecule has 5 heteroatoms. The standard InChI is InChI=1S/C23H19F5/c1-2-3-16-10-11-17(22(27)21(16)26)9-6-14-4-7-15(8-5-14)18-12-19(24)23(28)20(25)13-18/h4-5,7-8,10-13H,2-3,6,9H2,1H3. The van der Waals surface area contributed by atoms with Crippen molar-refractivity contribution in [3.8, 4) is 11.1 Å². The summed E-state index contributed by atoms with van der Waals surface area (Å²) < 4.78 is 68.1. The topological polar surface area (TPSA) is 0 Å². The Bertz CT molecular complexity index is 954. The van der Waals surface area contributed by atoms with E-state index in [2.05, 4.69) is 0 Å². The lowest BCUT2D eigenvalue weighted by molar-refractivity contribution is 0.448. The molecule has 0 aliphatic rings. The van der Waals surface area contributed by atoms with Crippen molar-refractivity contribution in [2.75, 3.05) is 0 Å². The zero-order valence-electron chi connectivity index (χ0n) is 15.3. The number of hydrogen-bond acceptors (Lipinski definition) is 0. The second kappa shape index (κ2) is 8.55. The maximum atomic E-state index is 14.2. The molecule has 0 nitrogen and oxygen atoms in total. The van der Waals surface area contributed by atoms with Gasteiger partial charge >= 0.3 is 0 Å². The summed E-state index contributed by atoms with van der Waals surface area (Å²) in [5, 5.41) is 0. The molecule has 0 spiro atoms. The highest BCUT2D eigenvalue weighted by Crippen LogP contribution is 2.25. The fourth-order valence-corrected chi connectivity index (χ4v) is 3.15. The largest absolute Gasteiger partial charge is 0.204 e. The minimum Gasteiger partial charge on any atom is -0.204 e. The molecule has 0 heterocycles. The summed E-state index contributed by atoms with van der Waals surface area (Å²) in [6, 6.07) is 11.9. The molecule has 0 bridgehead atoms. The third-order valence-electron chi connectivity index (χ3n) is 4.72. The lowest BCUT2D eigenvalue weighted by atomic mass is 9.98. The van der Waals surface area contributed by atoms with Crippen LogP contribution in [0.1, 0.15) is 30.0 Å². The number of halogens is 5. The van der Waals surface area contributed by atoms with E-state index in [0.29, 0.717) is 36.0 Å². The van der Waals surface area contributed by atoms with Crippen LogP contribution < -0.4 is 0 Å². The van der Waals surface area contributed by atoms with Crippen molar-refractivity contribution in [3.63, 3.8) is 0 Å². The lowest BCUT2D eigenvalue weighted by Crippen LogP contribution is -2.01. The number of rotatable bonds is 6. The number of benzene rings is 3. The van der Waals surface area contributed by atoms with Gasteiger partial charge in [0, 0.05) is 0 Å². The highest BCUT2D eigenvalue weighted by molar-refractivity contribution is 5.64. The maximum absolute atomic E-state index is 14.2. The molecular formula is C23H19F5. The zero-order chi connectivity index (χ0) is 20.3. The number of hydrogen-bond donors (Lipinski definition) is 0. The Labute approximate surface area is 160 Å². The van der Waals surface area contributed by atoms with Gasteiger partial charge in [-0.05, 0) is 59.2 Å². The first-order chi connectivity index (χ1) is 13.4. The molecule has 0 unspecified atom stereocenters. The van der Waals surface area contributed by atoms with Crippen molar-refractivity contribution in [3.05, 3.63) is 94.3 Å². The normalized spacial score (nSPS) is 11.1. The molecule has 0 fully saturated rings. The third kappa shape index (κ3) is 4.24. The Hall–Kier alpha value is -2.69. The van der Waals surface area contributed by atoms with Crippen LogP contribution in [-0.4, -0.2) is 0 Å². The van der Waals surface area contributed by atoms with E-state index in [1.54, 1.807) is 36.4 Å². The van der Waals surface area contributed by atoms with E-state index >= 15 is 0 Å². The Morgan fingerprint density at radius 2 is 1.11 bits per heavy atom.